The first kappa shape index (κ1) is 14.6. The molecule has 102 valence electrons. The minimum Gasteiger partial charge on any atom is -0.477 e. The van der Waals surface area contributed by atoms with Crippen LogP contribution in [0.25, 0.3) is 0 Å². The van der Waals surface area contributed by atoms with Crippen molar-refractivity contribution in [3.8, 4) is 0 Å². The van der Waals surface area contributed by atoms with Crippen molar-refractivity contribution in [2.45, 2.75) is 12.5 Å². The van der Waals surface area contributed by atoms with Crippen molar-refractivity contribution in [3.63, 3.8) is 0 Å². The van der Waals surface area contributed by atoms with E-state index in [4.69, 9.17) is 10.8 Å². The highest BCUT2D eigenvalue weighted by atomic mass is 16.6. The predicted molar refractivity (Wildman–Crippen MR) is 63.8 cm³/mol. The standard InChI is InChI=1S/C11H12N2O6/c1-19-11(16)8(12)4-6-2-3-7(10(14)15)9(5-6)13(17)18/h2-3,5,8H,4,12H2,1H3,(H,14,15)/t8-/m1/s1. The van der Waals surface area contributed by atoms with Crippen LogP contribution in [-0.4, -0.2) is 35.1 Å². The van der Waals surface area contributed by atoms with Gasteiger partial charge >= 0.3 is 11.9 Å². The molecule has 0 spiro atoms. The van der Waals surface area contributed by atoms with Crippen LogP contribution in [-0.2, 0) is 16.0 Å². The zero-order valence-corrected chi connectivity index (χ0v) is 10.0. The smallest absolute Gasteiger partial charge is 0.342 e. The number of nitrogens with zero attached hydrogens (tertiary/aromatic N) is 1. The molecular weight excluding hydrogens is 256 g/mol. The normalized spacial score (nSPS) is 11.7. The quantitative estimate of drug-likeness (QED) is 0.446. The lowest BCUT2D eigenvalue weighted by Gasteiger charge is -2.09. The van der Waals surface area contributed by atoms with Crippen molar-refractivity contribution in [2.75, 3.05) is 7.11 Å². The summed E-state index contributed by atoms with van der Waals surface area (Å²) in [5, 5.41) is 19.6. The Bertz CT molecular complexity index is 528. The molecule has 19 heavy (non-hydrogen) atoms. The molecule has 8 nitrogen and oxygen atoms in total. The number of hydrogen-bond acceptors (Lipinski definition) is 6. The van der Waals surface area contributed by atoms with E-state index < -0.39 is 34.2 Å². The molecule has 0 bridgehead atoms. The number of methoxy groups -OCH3 is 1. The summed E-state index contributed by atoms with van der Waals surface area (Å²) in [6.45, 7) is 0. The van der Waals surface area contributed by atoms with Crippen molar-refractivity contribution < 1.29 is 24.4 Å². The Hall–Kier alpha value is -2.48. The number of carbonyl (C=O) groups is 2. The average molecular weight is 268 g/mol. The van der Waals surface area contributed by atoms with Gasteiger partial charge in [-0.1, -0.05) is 6.07 Å². The Morgan fingerprint density at radius 2 is 2.16 bits per heavy atom. The SMILES string of the molecule is COC(=O)[C@H](N)Cc1ccc(C(=O)O)c([N+](=O)[O-])c1. The van der Waals surface area contributed by atoms with E-state index in [1.165, 1.54) is 13.2 Å². The summed E-state index contributed by atoms with van der Waals surface area (Å²) in [5.74, 6) is -2.04. The third kappa shape index (κ3) is 3.49. The van der Waals surface area contributed by atoms with Crippen molar-refractivity contribution in [1.82, 2.24) is 0 Å². The molecule has 0 saturated carbocycles. The number of nitrogens with two attached hydrogens (primary N) is 1. The molecule has 0 radical (unpaired) electrons. The first-order valence-electron chi connectivity index (χ1n) is 5.20. The van der Waals surface area contributed by atoms with Gasteiger partial charge in [-0.15, -0.1) is 0 Å². The van der Waals surface area contributed by atoms with Gasteiger partial charge < -0.3 is 15.6 Å². The van der Waals surface area contributed by atoms with Gasteiger partial charge in [-0.25, -0.2) is 4.79 Å². The third-order valence-electron chi connectivity index (χ3n) is 2.45. The summed E-state index contributed by atoms with van der Waals surface area (Å²) in [7, 11) is 1.18. The van der Waals surface area contributed by atoms with Crippen LogP contribution < -0.4 is 5.73 Å². The number of carboxylic acids is 1. The van der Waals surface area contributed by atoms with Crippen molar-refractivity contribution in [1.29, 1.82) is 0 Å². The molecule has 1 rings (SSSR count). The summed E-state index contributed by atoms with van der Waals surface area (Å²) < 4.78 is 4.43. The number of ether oxygens (including phenoxy) is 1. The average Bonchev–Trinajstić information content (AvgIpc) is 2.37. The number of nitro groups is 1. The lowest BCUT2D eigenvalue weighted by molar-refractivity contribution is -0.385. The second-order valence-electron chi connectivity index (χ2n) is 3.75. The van der Waals surface area contributed by atoms with E-state index in [2.05, 4.69) is 4.74 Å². The fraction of sp³-hybridized carbons (Fsp3) is 0.273. The molecule has 0 aliphatic heterocycles. The van der Waals surface area contributed by atoms with E-state index in [0.717, 1.165) is 12.1 Å². The van der Waals surface area contributed by atoms with Gasteiger partial charge in [0, 0.05) is 6.07 Å². The van der Waals surface area contributed by atoms with Gasteiger partial charge in [0.15, 0.2) is 0 Å². The molecule has 1 aromatic rings. The van der Waals surface area contributed by atoms with Gasteiger partial charge in [0.25, 0.3) is 5.69 Å². The molecule has 8 heteroatoms. The number of carbonyl (C=O) groups excluding carboxylic acids is 1. The first-order valence-corrected chi connectivity index (χ1v) is 5.20. The van der Waals surface area contributed by atoms with Crippen LogP contribution in [0.15, 0.2) is 18.2 Å². The zero-order chi connectivity index (χ0) is 14.6. The Kier molecular flexibility index (Phi) is 4.54. The molecule has 0 fully saturated rings. The molecule has 0 aliphatic carbocycles. The first-order chi connectivity index (χ1) is 8.86. The molecular formula is C11H12N2O6. The molecule has 3 N–H and O–H groups in total. The number of hydrogen-bond donors (Lipinski definition) is 2. The minimum atomic E-state index is -1.39. The molecule has 0 aromatic heterocycles. The van der Waals surface area contributed by atoms with Crippen LogP contribution in [0.2, 0.25) is 0 Å². The number of esters is 1. The van der Waals surface area contributed by atoms with E-state index in [9.17, 15) is 19.7 Å². The van der Waals surface area contributed by atoms with Gasteiger partial charge in [-0.3, -0.25) is 14.9 Å². The van der Waals surface area contributed by atoms with Crippen molar-refractivity contribution >= 4 is 17.6 Å². The van der Waals surface area contributed by atoms with E-state index in [-0.39, 0.29) is 6.42 Å². The van der Waals surface area contributed by atoms with Crippen LogP contribution in [0.1, 0.15) is 15.9 Å². The number of carboxylic acid groups (broad SMARTS) is 1. The second kappa shape index (κ2) is 5.91. The molecule has 0 amide bonds. The monoisotopic (exact) mass is 268 g/mol. The van der Waals surface area contributed by atoms with E-state index in [0.29, 0.717) is 5.56 Å². The number of aromatic carboxylic acids is 1. The largest absolute Gasteiger partial charge is 0.477 e. The summed E-state index contributed by atoms with van der Waals surface area (Å²) in [6.07, 6.45) is 0.0212. The topological polar surface area (TPSA) is 133 Å². The third-order valence-corrected chi connectivity index (χ3v) is 2.45. The Morgan fingerprint density at radius 1 is 1.53 bits per heavy atom. The maximum absolute atomic E-state index is 11.1. The summed E-state index contributed by atoms with van der Waals surface area (Å²) in [4.78, 5) is 31.9. The highest BCUT2D eigenvalue weighted by Crippen LogP contribution is 2.21. The summed E-state index contributed by atoms with van der Waals surface area (Å²) >= 11 is 0. The predicted octanol–water partition coefficient (Wildman–Crippen LogP) is 0.336. The van der Waals surface area contributed by atoms with Crippen LogP contribution in [0.5, 0.6) is 0 Å². The highest BCUT2D eigenvalue weighted by molar-refractivity contribution is 5.92. The Morgan fingerprint density at radius 3 is 2.63 bits per heavy atom. The van der Waals surface area contributed by atoms with E-state index in [1.54, 1.807) is 0 Å². The molecule has 0 unspecified atom stereocenters. The lowest BCUT2D eigenvalue weighted by atomic mass is 10.0. The fourth-order valence-corrected chi connectivity index (χ4v) is 1.52. The molecule has 0 heterocycles. The lowest BCUT2D eigenvalue weighted by Crippen LogP contribution is -2.33. The molecule has 1 aromatic carbocycles. The highest BCUT2D eigenvalue weighted by Gasteiger charge is 2.22. The summed E-state index contributed by atoms with van der Waals surface area (Å²) in [5.41, 5.74) is 4.95. The van der Waals surface area contributed by atoms with Gasteiger partial charge in [-0.2, -0.15) is 0 Å². The van der Waals surface area contributed by atoms with Gasteiger partial charge in [0.2, 0.25) is 0 Å². The van der Waals surface area contributed by atoms with Crippen LogP contribution in [0.3, 0.4) is 0 Å². The van der Waals surface area contributed by atoms with Crippen molar-refractivity contribution in [2.24, 2.45) is 5.73 Å². The fourth-order valence-electron chi connectivity index (χ4n) is 1.52. The number of rotatable bonds is 5. The number of nitro benzene ring substituents is 1. The minimum absolute atomic E-state index is 0.0212. The van der Waals surface area contributed by atoms with Crippen LogP contribution in [0, 0.1) is 10.1 Å². The van der Waals surface area contributed by atoms with Gasteiger partial charge in [0.1, 0.15) is 11.6 Å². The van der Waals surface area contributed by atoms with E-state index in [1.807, 2.05) is 0 Å². The molecule has 0 aliphatic rings. The zero-order valence-electron chi connectivity index (χ0n) is 10.0. The maximum atomic E-state index is 11.1. The van der Waals surface area contributed by atoms with Gasteiger partial charge in [-0.05, 0) is 18.1 Å². The summed E-state index contributed by atoms with van der Waals surface area (Å²) in [6, 6.07) is 2.62. The Balaban J connectivity index is 3.06. The number of benzene rings is 1. The van der Waals surface area contributed by atoms with Crippen molar-refractivity contribution in [3.05, 3.63) is 39.4 Å². The second-order valence-corrected chi connectivity index (χ2v) is 3.75. The van der Waals surface area contributed by atoms with Crippen LogP contribution in [0.4, 0.5) is 5.69 Å². The van der Waals surface area contributed by atoms with E-state index >= 15 is 0 Å². The molecule has 1 atom stereocenters. The molecule has 0 saturated heterocycles. The maximum Gasteiger partial charge on any atom is 0.342 e. The van der Waals surface area contributed by atoms with Crippen LogP contribution >= 0.6 is 0 Å². The van der Waals surface area contributed by atoms with Gasteiger partial charge in [0.05, 0.1) is 12.0 Å². The Labute approximate surface area is 107 Å².